The molecule has 4 atom stereocenters. The van der Waals surface area contributed by atoms with E-state index in [2.05, 4.69) is 5.16 Å². The fourth-order valence-corrected chi connectivity index (χ4v) is 4.62. The minimum absolute atomic E-state index is 0.0807. The van der Waals surface area contributed by atoms with Crippen molar-refractivity contribution in [2.45, 2.75) is 46.1 Å². The van der Waals surface area contributed by atoms with Gasteiger partial charge in [-0.2, -0.15) is 0 Å². The summed E-state index contributed by atoms with van der Waals surface area (Å²) in [5.41, 5.74) is 2.35. The smallest absolute Gasteiger partial charge is 0.338 e. The minimum Gasteiger partial charge on any atom is -0.463 e. The molecule has 1 aliphatic rings. The molecule has 44 heavy (non-hydrogen) atoms. The summed E-state index contributed by atoms with van der Waals surface area (Å²) < 4.78 is 16.1. The van der Waals surface area contributed by atoms with Gasteiger partial charge in [0, 0.05) is 11.1 Å². The highest BCUT2D eigenvalue weighted by Gasteiger charge is 2.33. The first kappa shape index (κ1) is 32.3. The Morgan fingerprint density at radius 2 is 1.39 bits per heavy atom. The molecule has 230 valence electrons. The molecule has 3 aromatic rings. The largest absolute Gasteiger partial charge is 0.463 e. The Morgan fingerprint density at radius 1 is 0.795 bits per heavy atom. The first-order chi connectivity index (χ1) is 21.2. The van der Waals surface area contributed by atoms with Crippen molar-refractivity contribution in [3.63, 3.8) is 0 Å². The topological polar surface area (TPSA) is 121 Å². The van der Waals surface area contributed by atoms with Gasteiger partial charge in [-0.3, -0.25) is 14.4 Å². The predicted octanol–water partition coefficient (Wildman–Crippen LogP) is 5.79. The number of benzene rings is 3. The van der Waals surface area contributed by atoms with E-state index in [0.29, 0.717) is 29.9 Å². The highest BCUT2D eigenvalue weighted by atomic mass is 16.7. The molecule has 0 amide bonds. The van der Waals surface area contributed by atoms with Crippen LogP contribution < -0.4 is 4.74 Å². The molecular formula is C35H37NO8. The first-order valence-electron chi connectivity index (χ1n) is 14.8. The standard InChI is InChI=1S/C35H37NO8/c1-4-25(35(40)44-36-24(3)26-11-7-5-8-12-26)20-29(19-23(2)33(38)42-22-31-21-41-31)34(39)43-30-17-15-28(16-18-30)32(37)27-13-9-6-10-14-27/h5-18,23,25,29,31H,4,19-22H2,1-3H3. The quantitative estimate of drug-likeness (QED) is 0.0409. The zero-order valence-corrected chi connectivity index (χ0v) is 25.1. The molecule has 4 unspecified atom stereocenters. The predicted molar refractivity (Wildman–Crippen MR) is 163 cm³/mol. The molecule has 0 spiro atoms. The molecular weight excluding hydrogens is 562 g/mol. The van der Waals surface area contributed by atoms with Crippen LogP contribution in [0, 0.1) is 17.8 Å². The second-order valence-corrected chi connectivity index (χ2v) is 10.9. The highest BCUT2D eigenvalue weighted by molar-refractivity contribution is 6.09. The summed E-state index contributed by atoms with van der Waals surface area (Å²) in [5.74, 6) is -3.68. The summed E-state index contributed by atoms with van der Waals surface area (Å²) in [4.78, 5) is 57.2. The molecule has 0 saturated carbocycles. The van der Waals surface area contributed by atoms with E-state index in [1.165, 1.54) is 0 Å². The fourth-order valence-electron chi connectivity index (χ4n) is 4.62. The number of hydrogen-bond acceptors (Lipinski definition) is 9. The van der Waals surface area contributed by atoms with Crippen LogP contribution in [0.2, 0.25) is 0 Å². The third-order valence-electron chi connectivity index (χ3n) is 7.42. The number of ketones is 1. The van der Waals surface area contributed by atoms with Crippen LogP contribution in [0.4, 0.5) is 0 Å². The lowest BCUT2D eigenvalue weighted by atomic mass is 9.86. The Morgan fingerprint density at radius 3 is 1.98 bits per heavy atom. The van der Waals surface area contributed by atoms with Crippen LogP contribution in [0.5, 0.6) is 5.75 Å². The number of rotatable bonds is 15. The van der Waals surface area contributed by atoms with Crippen LogP contribution in [0.25, 0.3) is 0 Å². The Labute approximate surface area is 257 Å². The fraction of sp³-hybridized carbons (Fsp3) is 0.343. The molecule has 0 bridgehead atoms. The van der Waals surface area contributed by atoms with Crippen LogP contribution in [0.3, 0.4) is 0 Å². The van der Waals surface area contributed by atoms with E-state index in [0.717, 1.165) is 5.56 Å². The monoisotopic (exact) mass is 599 g/mol. The van der Waals surface area contributed by atoms with Crippen molar-refractivity contribution in [2.24, 2.45) is 22.9 Å². The van der Waals surface area contributed by atoms with Crippen molar-refractivity contribution >= 4 is 29.4 Å². The molecule has 1 saturated heterocycles. The van der Waals surface area contributed by atoms with Crippen molar-refractivity contribution < 1.29 is 38.2 Å². The van der Waals surface area contributed by atoms with E-state index in [-0.39, 0.29) is 37.1 Å². The summed E-state index contributed by atoms with van der Waals surface area (Å²) in [6.45, 7) is 5.95. The maximum atomic E-state index is 13.5. The number of carbonyl (C=O) groups is 4. The van der Waals surface area contributed by atoms with Gasteiger partial charge in [-0.05, 0) is 56.0 Å². The van der Waals surface area contributed by atoms with Crippen LogP contribution in [-0.2, 0) is 28.7 Å². The lowest BCUT2D eigenvalue weighted by Gasteiger charge is -2.22. The Bertz CT molecular complexity index is 1450. The molecule has 0 radical (unpaired) electrons. The lowest BCUT2D eigenvalue weighted by molar-refractivity contribution is -0.151. The van der Waals surface area contributed by atoms with Gasteiger partial charge in [0.05, 0.1) is 30.1 Å². The van der Waals surface area contributed by atoms with E-state index >= 15 is 0 Å². The second kappa shape index (κ2) is 15.7. The van der Waals surface area contributed by atoms with Gasteiger partial charge in [-0.1, -0.05) is 79.7 Å². The molecule has 1 aliphatic heterocycles. The Kier molecular flexibility index (Phi) is 11.5. The van der Waals surface area contributed by atoms with Crippen molar-refractivity contribution in [3.05, 3.63) is 102 Å². The first-order valence-corrected chi connectivity index (χ1v) is 14.8. The summed E-state index contributed by atoms with van der Waals surface area (Å²) in [6, 6.07) is 24.5. The maximum absolute atomic E-state index is 13.5. The van der Waals surface area contributed by atoms with Gasteiger partial charge in [0.2, 0.25) is 0 Å². The van der Waals surface area contributed by atoms with Crippen molar-refractivity contribution in [2.75, 3.05) is 13.2 Å². The molecule has 9 heteroatoms. The summed E-state index contributed by atoms with van der Waals surface area (Å²) in [5, 5.41) is 4.00. The molecule has 9 nitrogen and oxygen atoms in total. The van der Waals surface area contributed by atoms with Crippen LogP contribution in [0.1, 0.15) is 61.5 Å². The van der Waals surface area contributed by atoms with Crippen LogP contribution in [0.15, 0.2) is 90.1 Å². The van der Waals surface area contributed by atoms with E-state index in [9.17, 15) is 19.2 Å². The van der Waals surface area contributed by atoms with Gasteiger partial charge < -0.3 is 19.0 Å². The number of epoxide rings is 1. The molecule has 0 N–H and O–H groups in total. The molecule has 4 rings (SSSR count). The van der Waals surface area contributed by atoms with E-state index in [4.69, 9.17) is 19.0 Å². The zero-order valence-electron chi connectivity index (χ0n) is 25.1. The number of esters is 2. The van der Waals surface area contributed by atoms with E-state index < -0.39 is 35.7 Å². The third kappa shape index (κ3) is 9.44. The van der Waals surface area contributed by atoms with E-state index in [1.807, 2.05) is 43.3 Å². The average molecular weight is 600 g/mol. The Hall–Kier alpha value is -4.63. The van der Waals surface area contributed by atoms with Gasteiger partial charge >= 0.3 is 17.9 Å². The maximum Gasteiger partial charge on any atom is 0.338 e. The van der Waals surface area contributed by atoms with Gasteiger partial charge in [-0.25, -0.2) is 4.79 Å². The summed E-state index contributed by atoms with van der Waals surface area (Å²) in [6.07, 6.45) is 0.491. The van der Waals surface area contributed by atoms with Gasteiger partial charge in [0.15, 0.2) is 5.78 Å². The summed E-state index contributed by atoms with van der Waals surface area (Å²) in [7, 11) is 0. The average Bonchev–Trinajstić information content (AvgIpc) is 3.89. The SMILES string of the molecule is CCC(CC(CC(C)C(=O)OCC1CO1)C(=O)Oc1ccc(C(=O)c2ccccc2)cc1)C(=O)ON=C(C)c1ccccc1. The zero-order chi connectivity index (χ0) is 31.5. The highest BCUT2D eigenvalue weighted by Crippen LogP contribution is 2.27. The van der Waals surface area contributed by atoms with Crippen LogP contribution >= 0.6 is 0 Å². The Balaban J connectivity index is 1.44. The lowest BCUT2D eigenvalue weighted by Crippen LogP contribution is -2.30. The van der Waals surface area contributed by atoms with Gasteiger partial charge in [0.25, 0.3) is 0 Å². The number of nitrogens with zero attached hydrogens (tertiary/aromatic N) is 1. The van der Waals surface area contributed by atoms with Crippen molar-refractivity contribution in [1.82, 2.24) is 0 Å². The second-order valence-electron chi connectivity index (χ2n) is 10.9. The number of hydrogen-bond donors (Lipinski definition) is 0. The minimum atomic E-state index is -0.822. The van der Waals surface area contributed by atoms with Gasteiger partial charge in [0.1, 0.15) is 18.5 Å². The van der Waals surface area contributed by atoms with Crippen LogP contribution in [-0.4, -0.2) is 48.7 Å². The summed E-state index contributed by atoms with van der Waals surface area (Å²) >= 11 is 0. The van der Waals surface area contributed by atoms with Crippen molar-refractivity contribution in [3.8, 4) is 5.75 Å². The van der Waals surface area contributed by atoms with Crippen molar-refractivity contribution in [1.29, 1.82) is 0 Å². The molecule has 0 aromatic heterocycles. The number of carbonyl (C=O) groups excluding carboxylic acids is 4. The molecule has 1 fully saturated rings. The molecule has 0 aliphatic carbocycles. The van der Waals surface area contributed by atoms with E-state index in [1.54, 1.807) is 62.4 Å². The molecule has 3 aromatic carbocycles. The normalized spacial score (nSPS) is 16.2. The van der Waals surface area contributed by atoms with Gasteiger partial charge in [-0.15, -0.1) is 0 Å². The molecule has 1 heterocycles. The number of ether oxygens (including phenoxy) is 3. The third-order valence-corrected chi connectivity index (χ3v) is 7.42. The number of oxime groups is 1.